The van der Waals surface area contributed by atoms with Gasteiger partial charge in [-0.25, -0.2) is 4.79 Å². The summed E-state index contributed by atoms with van der Waals surface area (Å²) in [5.74, 6) is -2.14. The van der Waals surface area contributed by atoms with Crippen LogP contribution in [0.1, 0.15) is 32.8 Å². The van der Waals surface area contributed by atoms with Crippen molar-refractivity contribution in [2.24, 2.45) is 0 Å². The molecule has 1 N–H and O–H groups in total. The average molecular weight is 367 g/mol. The van der Waals surface area contributed by atoms with Crippen molar-refractivity contribution in [2.45, 2.75) is 12.7 Å². The fourth-order valence-corrected chi connectivity index (χ4v) is 2.65. The molecule has 0 radical (unpaired) electrons. The number of ether oxygens (including phenoxy) is 2. The van der Waals surface area contributed by atoms with Crippen molar-refractivity contribution >= 4 is 11.9 Å². The molecule has 9 heteroatoms. The van der Waals surface area contributed by atoms with Gasteiger partial charge in [-0.15, -0.1) is 0 Å². The summed E-state index contributed by atoms with van der Waals surface area (Å²) in [6.45, 7) is -2.23. The van der Waals surface area contributed by atoms with E-state index in [1.54, 1.807) is 12.1 Å². The third-order valence-corrected chi connectivity index (χ3v) is 3.84. The fraction of sp³-hybridized carbons (Fsp3) is 0.294. The van der Waals surface area contributed by atoms with Crippen molar-refractivity contribution in [3.05, 3.63) is 53.5 Å². The molecular weight excluding hydrogens is 352 g/mol. The maximum absolute atomic E-state index is 12.5. The highest BCUT2D eigenvalue weighted by Crippen LogP contribution is 2.27. The first-order valence-corrected chi connectivity index (χ1v) is 7.73. The van der Waals surface area contributed by atoms with E-state index in [0.29, 0.717) is 12.1 Å². The van der Waals surface area contributed by atoms with Gasteiger partial charge in [0.2, 0.25) is 5.76 Å². The SMILES string of the molecule is O=C(O)c1ccc(C(=O)N2CCOC(c3cccc(OC(F)F)c3)C2)o1. The van der Waals surface area contributed by atoms with Crippen molar-refractivity contribution in [3.8, 4) is 5.75 Å². The van der Waals surface area contributed by atoms with E-state index >= 15 is 0 Å². The molecule has 2 aromatic rings. The van der Waals surface area contributed by atoms with Crippen molar-refractivity contribution < 1.29 is 37.4 Å². The molecule has 1 atom stereocenters. The largest absolute Gasteiger partial charge is 0.475 e. The molecule has 1 aliphatic heterocycles. The molecule has 2 heterocycles. The van der Waals surface area contributed by atoms with E-state index in [4.69, 9.17) is 14.3 Å². The van der Waals surface area contributed by atoms with E-state index in [0.717, 1.165) is 0 Å². The lowest BCUT2D eigenvalue weighted by atomic mass is 10.1. The minimum atomic E-state index is -2.93. The Labute approximate surface area is 146 Å². The summed E-state index contributed by atoms with van der Waals surface area (Å²) >= 11 is 0. The Bertz CT molecular complexity index is 806. The molecule has 0 aliphatic carbocycles. The molecular formula is C17H15F2NO6. The van der Waals surface area contributed by atoms with Crippen LogP contribution in [0.5, 0.6) is 5.75 Å². The number of morpholine rings is 1. The van der Waals surface area contributed by atoms with E-state index in [9.17, 15) is 18.4 Å². The molecule has 0 bridgehead atoms. The normalized spacial score (nSPS) is 17.3. The van der Waals surface area contributed by atoms with Crippen LogP contribution in [0, 0.1) is 0 Å². The number of amides is 1. The number of halogens is 2. The summed E-state index contributed by atoms with van der Waals surface area (Å²) in [4.78, 5) is 24.8. The molecule has 0 saturated carbocycles. The summed E-state index contributed by atoms with van der Waals surface area (Å²) in [7, 11) is 0. The van der Waals surface area contributed by atoms with E-state index in [-0.39, 0.29) is 30.4 Å². The molecule has 7 nitrogen and oxygen atoms in total. The quantitative estimate of drug-likeness (QED) is 0.874. The monoisotopic (exact) mass is 367 g/mol. The Morgan fingerprint density at radius 3 is 2.69 bits per heavy atom. The van der Waals surface area contributed by atoms with Crippen molar-refractivity contribution in [2.75, 3.05) is 19.7 Å². The number of nitrogens with zero attached hydrogens (tertiary/aromatic N) is 1. The Hall–Kier alpha value is -2.94. The number of hydrogen-bond donors (Lipinski definition) is 1. The van der Waals surface area contributed by atoms with Gasteiger partial charge in [0, 0.05) is 6.54 Å². The number of carbonyl (C=O) groups is 2. The molecule has 1 unspecified atom stereocenters. The van der Waals surface area contributed by atoms with E-state index in [1.807, 2.05) is 0 Å². The third-order valence-electron chi connectivity index (χ3n) is 3.84. The first-order chi connectivity index (χ1) is 12.4. The highest BCUT2D eigenvalue weighted by Gasteiger charge is 2.28. The van der Waals surface area contributed by atoms with Crippen molar-refractivity contribution in [1.29, 1.82) is 0 Å². The molecule has 26 heavy (non-hydrogen) atoms. The second-order valence-corrected chi connectivity index (χ2v) is 5.53. The van der Waals surface area contributed by atoms with Gasteiger partial charge in [0.15, 0.2) is 5.76 Å². The molecule has 1 amide bonds. The van der Waals surface area contributed by atoms with Crippen LogP contribution in [-0.4, -0.2) is 48.2 Å². The van der Waals surface area contributed by atoms with Crippen LogP contribution < -0.4 is 4.74 Å². The van der Waals surface area contributed by atoms with Gasteiger partial charge in [-0.1, -0.05) is 12.1 Å². The number of furan rings is 1. The lowest BCUT2D eigenvalue weighted by Crippen LogP contribution is -2.42. The molecule has 1 fully saturated rings. The zero-order valence-corrected chi connectivity index (χ0v) is 13.4. The standard InChI is InChI=1S/C17H15F2NO6/c18-17(19)25-11-3-1-2-10(8-11)14-9-20(6-7-24-14)15(21)12-4-5-13(26-12)16(22)23/h1-5,8,14,17H,6-7,9H2,(H,22,23). The van der Waals surface area contributed by atoms with Crippen LogP contribution in [0.4, 0.5) is 8.78 Å². The Morgan fingerprint density at radius 1 is 1.23 bits per heavy atom. The number of alkyl halides is 2. The van der Waals surface area contributed by atoms with Gasteiger partial charge >= 0.3 is 12.6 Å². The van der Waals surface area contributed by atoms with Gasteiger partial charge in [-0.05, 0) is 29.8 Å². The van der Waals surface area contributed by atoms with E-state index in [1.165, 1.54) is 29.2 Å². The van der Waals surface area contributed by atoms with Crippen LogP contribution in [-0.2, 0) is 4.74 Å². The first kappa shape index (κ1) is 17.9. The Balaban J connectivity index is 1.72. The average Bonchev–Trinajstić information content (AvgIpc) is 3.11. The number of carboxylic acid groups (broad SMARTS) is 1. The Morgan fingerprint density at radius 2 is 2.00 bits per heavy atom. The highest BCUT2D eigenvalue weighted by atomic mass is 19.3. The zero-order valence-electron chi connectivity index (χ0n) is 13.4. The number of rotatable bonds is 5. The molecule has 1 saturated heterocycles. The van der Waals surface area contributed by atoms with Crippen LogP contribution in [0.3, 0.4) is 0 Å². The van der Waals surface area contributed by atoms with Gasteiger partial charge in [0.05, 0.1) is 13.2 Å². The molecule has 1 aromatic carbocycles. The number of carbonyl (C=O) groups excluding carboxylic acids is 1. The molecule has 3 rings (SSSR count). The summed E-state index contributed by atoms with van der Waals surface area (Å²) < 4.78 is 39.7. The first-order valence-electron chi connectivity index (χ1n) is 7.73. The van der Waals surface area contributed by atoms with Gasteiger partial charge in [-0.3, -0.25) is 4.79 Å². The van der Waals surface area contributed by atoms with Crippen molar-refractivity contribution in [3.63, 3.8) is 0 Å². The number of hydrogen-bond acceptors (Lipinski definition) is 5. The zero-order chi connectivity index (χ0) is 18.7. The fourth-order valence-electron chi connectivity index (χ4n) is 2.65. The van der Waals surface area contributed by atoms with Crippen LogP contribution in [0.2, 0.25) is 0 Å². The smallest absolute Gasteiger partial charge is 0.387 e. The predicted molar refractivity (Wildman–Crippen MR) is 83.3 cm³/mol. The lowest BCUT2D eigenvalue weighted by molar-refractivity contribution is -0.0504. The summed E-state index contributed by atoms with van der Waals surface area (Å²) in [6, 6.07) is 8.58. The lowest BCUT2D eigenvalue weighted by Gasteiger charge is -2.32. The van der Waals surface area contributed by atoms with Crippen LogP contribution >= 0.6 is 0 Å². The number of benzene rings is 1. The van der Waals surface area contributed by atoms with Gasteiger partial charge < -0.3 is 23.9 Å². The number of aromatic carboxylic acids is 1. The maximum atomic E-state index is 12.5. The summed E-state index contributed by atoms with van der Waals surface area (Å²) in [5.41, 5.74) is 0.589. The second-order valence-electron chi connectivity index (χ2n) is 5.53. The number of carboxylic acids is 1. The van der Waals surface area contributed by atoms with E-state index in [2.05, 4.69) is 4.74 Å². The van der Waals surface area contributed by atoms with E-state index < -0.39 is 24.6 Å². The Kier molecular flexibility index (Phi) is 5.17. The van der Waals surface area contributed by atoms with Gasteiger partial charge in [0.25, 0.3) is 5.91 Å². The summed E-state index contributed by atoms with van der Waals surface area (Å²) in [6.07, 6.45) is -0.525. The second kappa shape index (κ2) is 7.52. The minimum Gasteiger partial charge on any atom is -0.475 e. The third kappa shape index (κ3) is 3.99. The summed E-state index contributed by atoms with van der Waals surface area (Å²) in [5, 5.41) is 8.87. The minimum absolute atomic E-state index is 0.00156. The predicted octanol–water partition coefficient (Wildman–Crippen LogP) is 2.79. The van der Waals surface area contributed by atoms with Crippen LogP contribution in [0.25, 0.3) is 0 Å². The van der Waals surface area contributed by atoms with Crippen molar-refractivity contribution in [1.82, 2.24) is 4.90 Å². The molecule has 1 aliphatic rings. The van der Waals surface area contributed by atoms with Gasteiger partial charge in [0.1, 0.15) is 11.9 Å². The topological polar surface area (TPSA) is 89.2 Å². The molecule has 0 spiro atoms. The maximum Gasteiger partial charge on any atom is 0.387 e. The van der Waals surface area contributed by atoms with Gasteiger partial charge in [-0.2, -0.15) is 8.78 Å². The van der Waals surface area contributed by atoms with Crippen LogP contribution in [0.15, 0.2) is 40.8 Å². The highest BCUT2D eigenvalue weighted by molar-refractivity contribution is 5.93. The molecule has 1 aromatic heterocycles. The molecule has 138 valence electrons.